The van der Waals surface area contributed by atoms with Gasteiger partial charge in [-0.05, 0) is 96.9 Å². The van der Waals surface area contributed by atoms with Crippen molar-refractivity contribution in [2.45, 2.75) is 13.1 Å². The molecule has 9 rings (SSSR count). The minimum absolute atomic E-state index is 0.539. The van der Waals surface area contributed by atoms with Crippen LogP contribution >= 0.6 is 11.3 Å². The highest BCUT2D eigenvalue weighted by Crippen LogP contribution is 2.46. The Morgan fingerprint density at radius 2 is 0.875 bits per heavy atom. The van der Waals surface area contributed by atoms with Gasteiger partial charge in [-0.3, -0.25) is 0 Å². The highest BCUT2D eigenvalue weighted by molar-refractivity contribution is 7.26. The Balaban J connectivity index is 1.27. The lowest BCUT2D eigenvalue weighted by atomic mass is 9.90. The van der Waals surface area contributed by atoms with Gasteiger partial charge in [-0.2, -0.15) is 13.2 Å². The summed E-state index contributed by atoms with van der Waals surface area (Å²) in [5.41, 5.74) is 5.43. The third-order valence-corrected chi connectivity index (χ3v) is 10.8. The first-order valence-electron chi connectivity index (χ1n) is 15.9. The summed E-state index contributed by atoms with van der Waals surface area (Å²) in [6.45, 7) is 2.07. The summed E-state index contributed by atoms with van der Waals surface area (Å²) in [4.78, 5) is 0. The predicted octanol–water partition coefficient (Wildman–Crippen LogP) is 13.8. The highest BCUT2D eigenvalue weighted by Gasteiger charge is 2.32. The largest absolute Gasteiger partial charge is 0.416 e. The molecule has 1 aromatic heterocycles. The van der Waals surface area contributed by atoms with Gasteiger partial charge in [0.05, 0.1) is 5.56 Å². The molecule has 0 amide bonds. The van der Waals surface area contributed by atoms with Crippen LogP contribution in [0.5, 0.6) is 0 Å². The van der Waals surface area contributed by atoms with E-state index >= 15 is 0 Å². The second-order valence-corrected chi connectivity index (χ2v) is 13.5. The van der Waals surface area contributed by atoms with Crippen molar-refractivity contribution in [1.29, 1.82) is 0 Å². The quantitative estimate of drug-likeness (QED) is 0.168. The lowest BCUT2D eigenvalue weighted by molar-refractivity contribution is -0.137. The Labute approximate surface area is 279 Å². The topological polar surface area (TPSA) is 0 Å². The van der Waals surface area contributed by atoms with E-state index in [0.717, 1.165) is 74.7 Å². The van der Waals surface area contributed by atoms with Gasteiger partial charge in [-0.1, -0.05) is 127 Å². The van der Waals surface area contributed by atoms with E-state index in [4.69, 9.17) is 0 Å². The van der Waals surface area contributed by atoms with Gasteiger partial charge < -0.3 is 0 Å². The first-order valence-corrected chi connectivity index (χ1v) is 16.7. The van der Waals surface area contributed by atoms with Crippen LogP contribution in [0.4, 0.5) is 13.2 Å². The van der Waals surface area contributed by atoms with Crippen LogP contribution < -0.4 is 0 Å². The molecule has 0 radical (unpaired) electrons. The first-order chi connectivity index (χ1) is 23.3. The van der Waals surface area contributed by atoms with E-state index < -0.39 is 11.7 Å². The van der Waals surface area contributed by atoms with E-state index in [1.54, 1.807) is 11.3 Å². The summed E-state index contributed by atoms with van der Waals surface area (Å²) in [6, 6.07) is 47.9. The molecule has 9 aromatic rings. The van der Waals surface area contributed by atoms with E-state index in [2.05, 4.69) is 91.9 Å². The van der Waals surface area contributed by atoms with E-state index in [9.17, 15) is 13.2 Å². The second-order valence-electron chi connectivity index (χ2n) is 12.5. The Morgan fingerprint density at radius 1 is 0.396 bits per heavy atom. The van der Waals surface area contributed by atoms with Crippen LogP contribution in [0.25, 0.3) is 85.9 Å². The molecule has 0 N–H and O–H groups in total. The van der Waals surface area contributed by atoms with Crippen molar-refractivity contribution in [2.75, 3.05) is 0 Å². The molecule has 0 spiro atoms. The molecular formula is C44H27F3S. The van der Waals surface area contributed by atoms with Crippen molar-refractivity contribution in [2.24, 2.45) is 0 Å². The zero-order valence-electron chi connectivity index (χ0n) is 25.9. The van der Waals surface area contributed by atoms with Crippen LogP contribution in [0.1, 0.15) is 11.1 Å². The lowest BCUT2D eigenvalue weighted by Gasteiger charge is -2.15. The number of halogens is 3. The fourth-order valence-corrected chi connectivity index (χ4v) is 8.58. The standard InChI is InChI=1S/C44H27F3S/c1-26-16-18-27(19-17-26)32-12-6-14-39-40-15-7-13-33(43(40)48-42(32)39)30-22-29(23-31(24-30)44(45,46)47)28-20-21-38-36-10-3-2-8-34(36)35-9-4-5-11-37(35)41(38)25-28/h2-25H,1H3. The van der Waals surface area contributed by atoms with Gasteiger partial charge in [0, 0.05) is 20.2 Å². The van der Waals surface area contributed by atoms with E-state index in [0.29, 0.717) is 11.1 Å². The maximum Gasteiger partial charge on any atom is 0.416 e. The number of hydrogen-bond donors (Lipinski definition) is 0. The average molecular weight is 645 g/mol. The molecule has 0 bridgehead atoms. The molecule has 8 aromatic carbocycles. The third-order valence-electron chi connectivity index (χ3n) is 9.54. The Bertz CT molecular complexity index is 2680. The van der Waals surface area contributed by atoms with Gasteiger partial charge >= 0.3 is 6.18 Å². The Kier molecular flexibility index (Phi) is 6.47. The molecule has 0 aliphatic heterocycles. The number of thiophene rings is 1. The molecule has 0 nitrogen and oxygen atoms in total. The number of benzene rings is 8. The molecule has 0 saturated carbocycles. The summed E-state index contributed by atoms with van der Waals surface area (Å²) in [6.07, 6.45) is -4.50. The second kappa shape index (κ2) is 10.8. The number of aryl methyl sites for hydroxylation is 1. The molecule has 4 heteroatoms. The van der Waals surface area contributed by atoms with Crippen molar-refractivity contribution in [3.05, 3.63) is 157 Å². The van der Waals surface area contributed by atoms with Crippen molar-refractivity contribution in [1.82, 2.24) is 0 Å². The van der Waals surface area contributed by atoms with Crippen LogP contribution in [-0.4, -0.2) is 0 Å². The number of rotatable bonds is 3. The molecule has 0 saturated heterocycles. The monoisotopic (exact) mass is 644 g/mol. The zero-order valence-corrected chi connectivity index (χ0v) is 26.7. The van der Waals surface area contributed by atoms with Crippen molar-refractivity contribution in [3.8, 4) is 33.4 Å². The summed E-state index contributed by atoms with van der Waals surface area (Å²) in [5.74, 6) is 0. The molecule has 0 atom stereocenters. The minimum Gasteiger partial charge on any atom is -0.166 e. The van der Waals surface area contributed by atoms with Crippen molar-refractivity contribution >= 4 is 63.8 Å². The van der Waals surface area contributed by atoms with Crippen molar-refractivity contribution < 1.29 is 13.2 Å². The third kappa shape index (κ3) is 4.59. The molecule has 0 aliphatic rings. The first kappa shape index (κ1) is 28.7. The van der Waals surface area contributed by atoms with Gasteiger partial charge in [0.25, 0.3) is 0 Å². The molecule has 1 heterocycles. The minimum atomic E-state index is -4.50. The van der Waals surface area contributed by atoms with Gasteiger partial charge in [0.2, 0.25) is 0 Å². The number of fused-ring (bicyclic) bond motifs is 9. The van der Waals surface area contributed by atoms with Crippen LogP contribution in [0.2, 0.25) is 0 Å². The number of alkyl halides is 3. The van der Waals surface area contributed by atoms with Crippen LogP contribution in [0, 0.1) is 6.92 Å². The fourth-order valence-electron chi connectivity index (χ4n) is 7.21. The van der Waals surface area contributed by atoms with Gasteiger partial charge in [0.15, 0.2) is 0 Å². The van der Waals surface area contributed by atoms with Crippen molar-refractivity contribution in [3.63, 3.8) is 0 Å². The normalized spacial score (nSPS) is 12.2. The van der Waals surface area contributed by atoms with E-state index in [1.807, 2.05) is 48.5 Å². The van der Waals surface area contributed by atoms with Gasteiger partial charge in [-0.15, -0.1) is 11.3 Å². The summed E-state index contributed by atoms with van der Waals surface area (Å²) in [7, 11) is 0. The molecule has 0 fully saturated rings. The van der Waals surface area contributed by atoms with Crippen LogP contribution in [0.15, 0.2) is 146 Å². The van der Waals surface area contributed by atoms with E-state index in [-0.39, 0.29) is 0 Å². The van der Waals surface area contributed by atoms with Crippen LogP contribution in [0.3, 0.4) is 0 Å². The van der Waals surface area contributed by atoms with Gasteiger partial charge in [-0.25, -0.2) is 0 Å². The smallest absolute Gasteiger partial charge is 0.166 e. The SMILES string of the molecule is Cc1ccc(-c2cccc3c2sc2c(-c4cc(-c5ccc6c7ccccc7c7ccccc7c6c5)cc(C(F)(F)F)c4)cccc23)cc1. The van der Waals surface area contributed by atoms with Crippen LogP contribution in [-0.2, 0) is 6.18 Å². The Hall–Kier alpha value is -5.45. The average Bonchev–Trinajstić information content (AvgIpc) is 3.51. The van der Waals surface area contributed by atoms with E-state index in [1.165, 1.54) is 17.7 Å². The summed E-state index contributed by atoms with van der Waals surface area (Å²) in [5, 5.41) is 8.76. The molecule has 48 heavy (non-hydrogen) atoms. The maximum atomic E-state index is 14.6. The summed E-state index contributed by atoms with van der Waals surface area (Å²) < 4.78 is 45.8. The summed E-state index contributed by atoms with van der Waals surface area (Å²) >= 11 is 1.65. The maximum absolute atomic E-state index is 14.6. The number of hydrogen-bond acceptors (Lipinski definition) is 1. The molecule has 0 unspecified atom stereocenters. The van der Waals surface area contributed by atoms with Gasteiger partial charge in [0.1, 0.15) is 0 Å². The highest BCUT2D eigenvalue weighted by atomic mass is 32.1. The molecular weight excluding hydrogens is 618 g/mol. The molecule has 0 aliphatic carbocycles. The predicted molar refractivity (Wildman–Crippen MR) is 198 cm³/mol. The Morgan fingerprint density at radius 3 is 1.46 bits per heavy atom. The zero-order chi connectivity index (χ0) is 32.6. The lowest BCUT2D eigenvalue weighted by Crippen LogP contribution is -2.05. The molecule has 230 valence electrons. The fraction of sp³-hybridized carbons (Fsp3) is 0.0455.